The maximum atomic E-state index is 12.0. The van der Waals surface area contributed by atoms with Crippen molar-refractivity contribution in [1.29, 1.82) is 0 Å². The number of benzene rings is 1. The summed E-state index contributed by atoms with van der Waals surface area (Å²) in [7, 11) is 0. The molecule has 4 heteroatoms. The summed E-state index contributed by atoms with van der Waals surface area (Å²) in [5, 5.41) is 3.31. The van der Waals surface area contributed by atoms with Gasteiger partial charge in [-0.25, -0.2) is 4.79 Å². The Hall–Kier alpha value is -0.620. The average Bonchev–Trinajstić information content (AvgIpc) is 2.37. The van der Waals surface area contributed by atoms with Crippen LogP contribution in [-0.2, 0) is 9.53 Å². The van der Waals surface area contributed by atoms with Crippen LogP contribution in [0.5, 0.6) is 0 Å². The Bertz CT molecular complexity index is 378. The lowest BCUT2D eigenvalue weighted by Crippen LogP contribution is -2.36. The van der Waals surface area contributed by atoms with E-state index in [-0.39, 0.29) is 18.1 Å². The van der Waals surface area contributed by atoms with Crippen molar-refractivity contribution in [3.8, 4) is 0 Å². The Morgan fingerprint density at radius 2 is 1.94 bits per heavy atom. The molecule has 1 N–H and O–H groups in total. The van der Waals surface area contributed by atoms with Gasteiger partial charge in [0, 0.05) is 9.61 Å². The van der Waals surface area contributed by atoms with Crippen LogP contribution in [0.15, 0.2) is 24.3 Å². The van der Waals surface area contributed by atoms with E-state index in [1.54, 1.807) is 0 Å². The van der Waals surface area contributed by atoms with Crippen molar-refractivity contribution in [2.24, 2.45) is 0 Å². The molecule has 0 amide bonds. The van der Waals surface area contributed by atoms with Crippen LogP contribution < -0.4 is 5.32 Å². The first kappa shape index (κ1) is 15.4. The summed E-state index contributed by atoms with van der Waals surface area (Å²) in [5.74, 6) is -0.209. The minimum absolute atomic E-state index is 0.209. The van der Waals surface area contributed by atoms with Gasteiger partial charge >= 0.3 is 5.97 Å². The van der Waals surface area contributed by atoms with Gasteiger partial charge < -0.3 is 4.74 Å². The van der Waals surface area contributed by atoms with E-state index < -0.39 is 0 Å². The molecule has 2 atom stereocenters. The first-order chi connectivity index (χ1) is 8.58. The van der Waals surface area contributed by atoms with Crippen molar-refractivity contribution in [3.63, 3.8) is 0 Å². The fraction of sp³-hybridized carbons (Fsp3) is 0.500. The third-order valence-corrected chi connectivity index (χ3v) is 3.51. The number of hydrogen-bond acceptors (Lipinski definition) is 3. The van der Waals surface area contributed by atoms with Crippen LogP contribution in [-0.4, -0.2) is 18.6 Å². The van der Waals surface area contributed by atoms with Crippen molar-refractivity contribution in [3.05, 3.63) is 33.4 Å². The van der Waals surface area contributed by atoms with Crippen molar-refractivity contribution >= 4 is 28.6 Å². The minimum Gasteiger partial charge on any atom is -0.465 e. The van der Waals surface area contributed by atoms with Crippen molar-refractivity contribution < 1.29 is 9.53 Å². The quantitative estimate of drug-likeness (QED) is 0.624. The van der Waals surface area contributed by atoms with Crippen LogP contribution in [0.1, 0.15) is 38.8 Å². The number of carbonyl (C=O) groups excluding carboxylic acids is 1. The smallest absolute Gasteiger partial charge is 0.327 e. The van der Waals surface area contributed by atoms with Crippen LogP contribution in [0.3, 0.4) is 0 Å². The zero-order valence-corrected chi connectivity index (χ0v) is 13.2. The van der Waals surface area contributed by atoms with E-state index in [1.165, 1.54) is 0 Å². The van der Waals surface area contributed by atoms with Crippen molar-refractivity contribution in [2.75, 3.05) is 6.61 Å². The highest BCUT2D eigenvalue weighted by Gasteiger charge is 2.22. The zero-order valence-electron chi connectivity index (χ0n) is 11.1. The molecule has 0 fully saturated rings. The maximum Gasteiger partial charge on any atom is 0.327 e. The van der Waals surface area contributed by atoms with Crippen LogP contribution >= 0.6 is 22.6 Å². The first-order valence-electron chi connectivity index (χ1n) is 6.26. The molecule has 0 saturated carbocycles. The highest BCUT2D eigenvalue weighted by atomic mass is 127. The largest absolute Gasteiger partial charge is 0.465 e. The maximum absolute atomic E-state index is 12.0. The fourth-order valence-electron chi connectivity index (χ4n) is 1.58. The Balaban J connectivity index is 2.88. The van der Waals surface area contributed by atoms with Gasteiger partial charge in [-0.05, 0) is 60.6 Å². The van der Waals surface area contributed by atoms with E-state index >= 15 is 0 Å². The van der Waals surface area contributed by atoms with E-state index in [2.05, 4.69) is 41.8 Å². The van der Waals surface area contributed by atoms with Gasteiger partial charge in [-0.15, -0.1) is 0 Å². The highest BCUT2D eigenvalue weighted by molar-refractivity contribution is 14.1. The van der Waals surface area contributed by atoms with E-state index in [0.717, 1.165) is 15.6 Å². The topological polar surface area (TPSA) is 38.3 Å². The third kappa shape index (κ3) is 4.57. The lowest BCUT2D eigenvalue weighted by atomic mass is 10.1. The summed E-state index contributed by atoms with van der Waals surface area (Å²) >= 11 is 2.25. The minimum atomic E-state index is -0.378. The second kappa shape index (κ2) is 7.74. The SMILES string of the molecule is CCOC(=O)C(NC(C)CC)c1ccc(I)cc1. The molecule has 0 bridgehead atoms. The van der Waals surface area contributed by atoms with Crippen LogP contribution in [0.25, 0.3) is 0 Å². The lowest BCUT2D eigenvalue weighted by molar-refractivity contribution is -0.146. The summed E-state index contributed by atoms with van der Waals surface area (Å²) in [4.78, 5) is 12.0. The van der Waals surface area contributed by atoms with Gasteiger partial charge in [0.25, 0.3) is 0 Å². The monoisotopic (exact) mass is 361 g/mol. The van der Waals surface area contributed by atoms with E-state index in [0.29, 0.717) is 6.61 Å². The molecule has 0 saturated heterocycles. The molecule has 18 heavy (non-hydrogen) atoms. The summed E-state index contributed by atoms with van der Waals surface area (Å²) in [6.45, 7) is 6.39. The van der Waals surface area contributed by atoms with Gasteiger partial charge in [-0.1, -0.05) is 19.1 Å². The second-order valence-electron chi connectivity index (χ2n) is 4.21. The van der Waals surface area contributed by atoms with Gasteiger partial charge in [-0.2, -0.15) is 0 Å². The summed E-state index contributed by atoms with van der Waals surface area (Å²) in [6.07, 6.45) is 0.972. The molecule has 0 aliphatic carbocycles. The molecule has 1 aromatic carbocycles. The summed E-state index contributed by atoms with van der Waals surface area (Å²) < 4.78 is 6.29. The molecular weight excluding hydrogens is 341 g/mol. The van der Waals surface area contributed by atoms with Crippen molar-refractivity contribution in [1.82, 2.24) is 5.32 Å². The Labute approximate surface area is 122 Å². The highest BCUT2D eigenvalue weighted by Crippen LogP contribution is 2.18. The number of rotatable bonds is 6. The molecule has 0 aliphatic heterocycles. The number of esters is 1. The molecule has 0 spiro atoms. The van der Waals surface area contributed by atoms with E-state index in [1.807, 2.05) is 31.2 Å². The van der Waals surface area contributed by atoms with Crippen LogP contribution in [0, 0.1) is 3.57 Å². The average molecular weight is 361 g/mol. The molecular formula is C14H20INO2. The number of ether oxygens (including phenoxy) is 1. The molecule has 3 nitrogen and oxygen atoms in total. The number of hydrogen-bond donors (Lipinski definition) is 1. The Kier molecular flexibility index (Phi) is 6.63. The van der Waals surface area contributed by atoms with E-state index in [9.17, 15) is 4.79 Å². The predicted molar refractivity (Wildman–Crippen MR) is 81.4 cm³/mol. The lowest BCUT2D eigenvalue weighted by Gasteiger charge is -2.21. The molecule has 0 heterocycles. The third-order valence-electron chi connectivity index (χ3n) is 2.79. The standard InChI is InChI=1S/C14H20INO2/c1-4-10(3)16-13(14(17)18-5-2)11-6-8-12(15)9-7-11/h6-10,13,16H,4-5H2,1-3H3. The Morgan fingerprint density at radius 1 is 1.33 bits per heavy atom. The molecule has 0 radical (unpaired) electrons. The summed E-state index contributed by atoms with van der Waals surface area (Å²) in [6, 6.07) is 7.84. The molecule has 0 aliphatic rings. The van der Waals surface area contributed by atoms with Gasteiger partial charge in [-0.3, -0.25) is 5.32 Å². The number of carbonyl (C=O) groups is 1. The normalized spacial score (nSPS) is 14.0. The molecule has 1 aromatic rings. The number of nitrogens with one attached hydrogen (secondary N) is 1. The Morgan fingerprint density at radius 3 is 2.44 bits per heavy atom. The van der Waals surface area contributed by atoms with Crippen LogP contribution in [0.2, 0.25) is 0 Å². The molecule has 0 aromatic heterocycles. The fourth-order valence-corrected chi connectivity index (χ4v) is 1.94. The molecule has 2 unspecified atom stereocenters. The van der Waals surface area contributed by atoms with Crippen molar-refractivity contribution in [2.45, 2.75) is 39.3 Å². The van der Waals surface area contributed by atoms with Gasteiger partial charge in [0.2, 0.25) is 0 Å². The number of halogens is 1. The van der Waals surface area contributed by atoms with Crippen LogP contribution in [0.4, 0.5) is 0 Å². The van der Waals surface area contributed by atoms with Gasteiger partial charge in [0.1, 0.15) is 6.04 Å². The predicted octanol–water partition coefficient (Wildman–Crippen LogP) is 3.28. The van der Waals surface area contributed by atoms with Gasteiger partial charge in [0.15, 0.2) is 0 Å². The summed E-state index contributed by atoms with van der Waals surface area (Å²) in [5.41, 5.74) is 0.953. The van der Waals surface area contributed by atoms with E-state index in [4.69, 9.17) is 4.74 Å². The zero-order chi connectivity index (χ0) is 13.5. The van der Waals surface area contributed by atoms with Gasteiger partial charge in [0.05, 0.1) is 6.61 Å². The first-order valence-corrected chi connectivity index (χ1v) is 7.34. The second-order valence-corrected chi connectivity index (χ2v) is 5.46. The molecule has 100 valence electrons. The molecule has 1 rings (SSSR count).